The minimum Gasteiger partial charge on any atom is -0.342 e. The highest BCUT2D eigenvalue weighted by Crippen LogP contribution is 2.31. The molecule has 0 fully saturated rings. The van der Waals surface area contributed by atoms with Crippen molar-refractivity contribution in [3.8, 4) is 0 Å². The van der Waals surface area contributed by atoms with E-state index in [1.807, 2.05) is 29.1 Å². The molecule has 1 aliphatic rings. The highest BCUT2D eigenvalue weighted by Gasteiger charge is 2.23. The summed E-state index contributed by atoms with van der Waals surface area (Å²) >= 11 is 1.63. The summed E-state index contributed by atoms with van der Waals surface area (Å²) in [5.41, 5.74) is 1.18. The number of aromatic nitrogens is 2. The van der Waals surface area contributed by atoms with E-state index in [0.29, 0.717) is 5.92 Å². The molecule has 0 saturated heterocycles. The number of nitrogens with one attached hydrogen (secondary N) is 1. The molecule has 5 heteroatoms. The van der Waals surface area contributed by atoms with Crippen molar-refractivity contribution in [2.75, 3.05) is 5.32 Å². The summed E-state index contributed by atoms with van der Waals surface area (Å²) in [6.07, 6.45) is 8.08. The number of amides is 1. The predicted octanol–water partition coefficient (Wildman–Crippen LogP) is 3.66. The van der Waals surface area contributed by atoms with E-state index in [4.69, 9.17) is 0 Å². The van der Waals surface area contributed by atoms with Crippen molar-refractivity contribution < 1.29 is 4.79 Å². The highest BCUT2D eigenvalue weighted by atomic mass is 32.1. The number of nitrogens with zero attached hydrogens (tertiary/aromatic N) is 2. The lowest BCUT2D eigenvalue weighted by Crippen LogP contribution is -2.26. The largest absolute Gasteiger partial charge is 0.342 e. The molecule has 1 atom stereocenters. The maximum atomic E-state index is 12.6. The first-order valence-corrected chi connectivity index (χ1v) is 8.37. The summed E-state index contributed by atoms with van der Waals surface area (Å²) in [5, 5.41) is 3.77. The van der Waals surface area contributed by atoms with Gasteiger partial charge in [0.05, 0.1) is 5.69 Å². The van der Waals surface area contributed by atoms with Gasteiger partial charge in [0.1, 0.15) is 6.04 Å². The van der Waals surface area contributed by atoms with E-state index in [9.17, 15) is 4.79 Å². The Morgan fingerprint density at radius 1 is 1.38 bits per heavy atom. The number of carbonyl (C=O) groups excluding carboxylic acids is 1. The minimum atomic E-state index is -0.168. The van der Waals surface area contributed by atoms with Gasteiger partial charge in [-0.1, -0.05) is 13.8 Å². The molecule has 21 heavy (non-hydrogen) atoms. The molecular weight excluding hydrogens is 282 g/mol. The summed E-state index contributed by atoms with van der Waals surface area (Å²) in [4.78, 5) is 18.5. The molecule has 2 aromatic rings. The van der Waals surface area contributed by atoms with Gasteiger partial charge in [0, 0.05) is 17.3 Å². The molecule has 1 amide bonds. The number of anilines is 1. The fourth-order valence-corrected chi connectivity index (χ4v) is 3.85. The van der Waals surface area contributed by atoms with Crippen LogP contribution in [-0.4, -0.2) is 15.5 Å². The van der Waals surface area contributed by atoms with Crippen molar-refractivity contribution >= 4 is 22.4 Å². The van der Waals surface area contributed by atoms with Crippen LogP contribution in [0.5, 0.6) is 0 Å². The van der Waals surface area contributed by atoms with Gasteiger partial charge in [-0.2, -0.15) is 0 Å². The maximum absolute atomic E-state index is 12.6. The standard InChI is InChI=1S/C16H21N3OS/c1-11(2)10-13(19-8-3-4-9-19)15(20)18-16-17-12-6-5-7-14(12)21-16/h3-4,8-9,11,13H,5-7,10H2,1-2H3,(H,17,18,20)/t13-/m1/s1. The first-order chi connectivity index (χ1) is 10.1. The van der Waals surface area contributed by atoms with Crippen molar-refractivity contribution in [3.05, 3.63) is 35.1 Å². The lowest BCUT2D eigenvalue weighted by molar-refractivity contribution is -0.119. The van der Waals surface area contributed by atoms with Gasteiger partial charge in [-0.3, -0.25) is 4.79 Å². The number of hydrogen-bond acceptors (Lipinski definition) is 3. The van der Waals surface area contributed by atoms with Crippen LogP contribution in [0.3, 0.4) is 0 Å². The van der Waals surface area contributed by atoms with Gasteiger partial charge in [-0.05, 0) is 43.7 Å². The van der Waals surface area contributed by atoms with Crippen LogP contribution in [-0.2, 0) is 17.6 Å². The predicted molar refractivity (Wildman–Crippen MR) is 85.7 cm³/mol. The molecule has 1 N–H and O–H groups in total. The Hall–Kier alpha value is -1.62. The summed E-state index contributed by atoms with van der Waals surface area (Å²) in [5.74, 6) is 0.497. The van der Waals surface area contributed by atoms with Gasteiger partial charge in [0.2, 0.25) is 5.91 Å². The van der Waals surface area contributed by atoms with E-state index in [1.54, 1.807) is 11.3 Å². The Labute approximate surface area is 129 Å². The molecule has 0 aliphatic heterocycles. The summed E-state index contributed by atoms with van der Waals surface area (Å²) in [6, 6.07) is 3.75. The molecule has 0 saturated carbocycles. The van der Waals surface area contributed by atoms with Crippen LogP contribution < -0.4 is 5.32 Å². The maximum Gasteiger partial charge on any atom is 0.249 e. The average Bonchev–Trinajstić information content (AvgIpc) is 3.11. The molecule has 0 unspecified atom stereocenters. The van der Waals surface area contributed by atoms with Crippen LogP contribution in [0.25, 0.3) is 0 Å². The molecule has 0 radical (unpaired) electrons. The number of rotatable bonds is 5. The van der Waals surface area contributed by atoms with Gasteiger partial charge >= 0.3 is 0 Å². The van der Waals surface area contributed by atoms with Crippen LogP contribution in [0.15, 0.2) is 24.5 Å². The number of hydrogen-bond donors (Lipinski definition) is 1. The average molecular weight is 303 g/mol. The van der Waals surface area contributed by atoms with E-state index in [-0.39, 0.29) is 11.9 Å². The smallest absolute Gasteiger partial charge is 0.249 e. The van der Waals surface area contributed by atoms with Crippen molar-refractivity contribution in [1.82, 2.24) is 9.55 Å². The van der Waals surface area contributed by atoms with Crippen LogP contribution in [0.1, 0.15) is 43.3 Å². The quantitative estimate of drug-likeness (QED) is 0.916. The minimum absolute atomic E-state index is 0.0346. The zero-order valence-electron chi connectivity index (χ0n) is 12.5. The van der Waals surface area contributed by atoms with E-state index in [1.165, 1.54) is 17.0 Å². The third-order valence-corrected chi connectivity index (χ3v) is 4.88. The molecule has 1 aliphatic carbocycles. The second-order valence-corrected chi connectivity index (χ2v) is 7.09. The molecule has 3 rings (SSSR count). The Kier molecular flexibility index (Phi) is 4.10. The van der Waals surface area contributed by atoms with E-state index in [0.717, 1.165) is 24.4 Å². The zero-order chi connectivity index (χ0) is 14.8. The van der Waals surface area contributed by atoms with E-state index in [2.05, 4.69) is 24.1 Å². The molecule has 2 heterocycles. The van der Waals surface area contributed by atoms with Crippen LogP contribution >= 0.6 is 11.3 Å². The SMILES string of the molecule is CC(C)C[C@H](C(=O)Nc1nc2c(s1)CCC2)n1cccc1. The fraction of sp³-hybridized carbons (Fsp3) is 0.500. The lowest BCUT2D eigenvalue weighted by Gasteiger charge is -2.19. The van der Waals surface area contributed by atoms with Crippen molar-refractivity contribution in [1.29, 1.82) is 0 Å². The van der Waals surface area contributed by atoms with Gasteiger partial charge in [0.15, 0.2) is 5.13 Å². The van der Waals surface area contributed by atoms with Gasteiger partial charge in [-0.25, -0.2) is 4.98 Å². The Bertz CT molecular complexity index is 594. The highest BCUT2D eigenvalue weighted by molar-refractivity contribution is 7.15. The summed E-state index contributed by atoms with van der Waals surface area (Å²) < 4.78 is 1.98. The first-order valence-electron chi connectivity index (χ1n) is 7.55. The van der Waals surface area contributed by atoms with E-state index < -0.39 is 0 Å². The second kappa shape index (κ2) is 6.02. The van der Waals surface area contributed by atoms with Crippen molar-refractivity contribution in [2.24, 2.45) is 5.92 Å². The first kappa shape index (κ1) is 14.3. The zero-order valence-corrected chi connectivity index (χ0v) is 13.3. The van der Waals surface area contributed by atoms with Crippen molar-refractivity contribution in [3.63, 3.8) is 0 Å². The van der Waals surface area contributed by atoms with Gasteiger partial charge in [-0.15, -0.1) is 11.3 Å². The third-order valence-electron chi connectivity index (χ3n) is 3.81. The number of thiazole rings is 1. The topological polar surface area (TPSA) is 46.9 Å². The van der Waals surface area contributed by atoms with Gasteiger partial charge < -0.3 is 9.88 Å². The molecular formula is C16H21N3OS. The Morgan fingerprint density at radius 2 is 2.14 bits per heavy atom. The van der Waals surface area contributed by atoms with Crippen LogP contribution in [0, 0.1) is 5.92 Å². The normalized spacial score (nSPS) is 15.2. The number of aryl methyl sites for hydroxylation is 2. The summed E-state index contributed by atoms with van der Waals surface area (Å²) in [7, 11) is 0. The molecule has 4 nitrogen and oxygen atoms in total. The lowest BCUT2D eigenvalue weighted by atomic mass is 10.0. The molecule has 112 valence electrons. The van der Waals surface area contributed by atoms with E-state index >= 15 is 0 Å². The van der Waals surface area contributed by atoms with Crippen molar-refractivity contribution in [2.45, 2.75) is 45.6 Å². The Morgan fingerprint density at radius 3 is 2.81 bits per heavy atom. The second-order valence-electron chi connectivity index (χ2n) is 6.01. The number of fused-ring (bicyclic) bond motifs is 1. The van der Waals surface area contributed by atoms with Crippen LogP contribution in [0.4, 0.5) is 5.13 Å². The number of carbonyl (C=O) groups is 1. The molecule has 0 spiro atoms. The Balaban J connectivity index is 1.74. The fourth-order valence-electron chi connectivity index (χ4n) is 2.80. The van der Waals surface area contributed by atoms with Crippen LogP contribution in [0.2, 0.25) is 0 Å². The summed E-state index contributed by atoms with van der Waals surface area (Å²) in [6.45, 7) is 4.28. The molecule has 0 bridgehead atoms. The van der Waals surface area contributed by atoms with Gasteiger partial charge in [0.25, 0.3) is 0 Å². The monoisotopic (exact) mass is 303 g/mol. The molecule has 2 aromatic heterocycles. The molecule has 0 aromatic carbocycles. The third kappa shape index (κ3) is 3.18.